The molecule has 0 bridgehead atoms. The molecular formula is C9H11BrF3N3O2. The van der Waals surface area contributed by atoms with Gasteiger partial charge in [-0.25, -0.2) is 4.79 Å². The predicted octanol–water partition coefficient (Wildman–Crippen LogP) is 1.67. The fourth-order valence-electron chi connectivity index (χ4n) is 0.827. The number of methoxy groups -OCH3 is 1. The van der Waals surface area contributed by atoms with Crippen molar-refractivity contribution in [2.75, 3.05) is 19.0 Å². The van der Waals surface area contributed by atoms with E-state index in [0.717, 1.165) is 0 Å². The second-order valence-electron chi connectivity index (χ2n) is 3.03. The zero-order valence-electron chi connectivity index (χ0n) is 9.34. The molecule has 5 nitrogen and oxygen atoms in total. The number of urea groups is 1. The summed E-state index contributed by atoms with van der Waals surface area (Å²) in [6, 6.07) is 0.152. The van der Waals surface area contributed by atoms with Crippen LogP contribution in [0.5, 0.6) is 0 Å². The summed E-state index contributed by atoms with van der Waals surface area (Å²) in [4.78, 5) is 11.2. The van der Waals surface area contributed by atoms with Crippen LogP contribution in [0.1, 0.15) is 0 Å². The minimum absolute atomic E-state index is 0.0330. The summed E-state index contributed by atoms with van der Waals surface area (Å²) in [7, 11) is 1.40. The van der Waals surface area contributed by atoms with Crippen molar-refractivity contribution < 1.29 is 22.7 Å². The molecule has 0 aromatic carbocycles. The topological polar surface area (TPSA) is 74.2 Å². The average molecular weight is 330 g/mol. The van der Waals surface area contributed by atoms with Crippen molar-refractivity contribution in [3.05, 3.63) is 11.8 Å². The standard InChI is InChI=1S/C9H11BrF3N3O2/c1-18-6(4-10)5-15-8(17)16-7(2-3-14)9(11,12)13/h2,6H,4-5H2,1H3,(H2,15,16,17)/b7-2-. The molecule has 0 heterocycles. The lowest BCUT2D eigenvalue weighted by molar-refractivity contribution is -0.0954. The van der Waals surface area contributed by atoms with Crippen LogP contribution >= 0.6 is 15.9 Å². The van der Waals surface area contributed by atoms with Crippen molar-refractivity contribution in [1.29, 1.82) is 5.26 Å². The van der Waals surface area contributed by atoms with Gasteiger partial charge in [0.2, 0.25) is 0 Å². The molecule has 0 rings (SSSR count). The van der Waals surface area contributed by atoms with E-state index in [0.29, 0.717) is 5.33 Å². The van der Waals surface area contributed by atoms with Crippen LogP contribution in [-0.2, 0) is 4.74 Å². The van der Waals surface area contributed by atoms with Gasteiger partial charge in [0.1, 0.15) is 5.70 Å². The smallest absolute Gasteiger partial charge is 0.379 e. The zero-order chi connectivity index (χ0) is 14.2. The minimum Gasteiger partial charge on any atom is -0.379 e. The molecule has 0 aliphatic carbocycles. The summed E-state index contributed by atoms with van der Waals surface area (Å²) in [6.07, 6.45) is -4.92. The van der Waals surface area contributed by atoms with E-state index in [4.69, 9.17) is 10.00 Å². The Morgan fingerprint density at radius 2 is 2.22 bits per heavy atom. The SMILES string of the molecule is COC(CBr)CNC(=O)N/C(=C\C#N)C(F)(F)F. The molecule has 0 aromatic heterocycles. The maximum atomic E-state index is 12.3. The molecule has 102 valence electrons. The molecular weight excluding hydrogens is 319 g/mol. The summed E-state index contributed by atoms with van der Waals surface area (Å²) in [5.74, 6) is 0. The van der Waals surface area contributed by atoms with Gasteiger partial charge in [0.25, 0.3) is 0 Å². The molecule has 0 aliphatic rings. The summed E-state index contributed by atoms with van der Waals surface area (Å²) < 4.78 is 41.8. The molecule has 18 heavy (non-hydrogen) atoms. The normalized spacial score (nSPS) is 13.7. The summed E-state index contributed by atoms with van der Waals surface area (Å²) in [5, 5.41) is 12.3. The summed E-state index contributed by atoms with van der Waals surface area (Å²) in [6.45, 7) is 0.0330. The third kappa shape index (κ3) is 6.46. The van der Waals surface area contributed by atoms with Crippen LogP contribution in [0.25, 0.3) is 0 Å². The van der Waals surface area contributed by atoms with Gasteiger partial charge >= 0.3 is 12.2 Å². The number of carbonyl (C=O) groups excluding carboxylic acids is 1. The Hall–Kier alpha value is -1.27. The van der Waals surface area contributed by atoms with Gasteiger partial charge in [0.05, 0.1) is 12.2 Å². The van der Waals surface area contributed by atoms with Crippen LogP contribution < -0.4 is 10.6 Å². The van der Waals surface area contributed by atoms with Gasteiger partial charge in [-0.15, -0.1) is 0 Å². The summed E-state index contributed by atoms with van der Waals surface area (Å²) in [5.41, 5.74) is -1.42. The minimum atomic E-state index is -4.79. The molecule has 0 saturated carbocycles. The lowest BCUT2D eigenvalue weighted by Crippen LogP contribution is -2.42. The lowest BCUT2D eigenvalue weighted by Gasteiger charge is -2.15. The predicted molar refractivity (Wildman–Crippen MR) is 60.9 cm³/mol. The number of amides is 2. The fourth-order valence-corrected chi connectivity index (χ4v) is 1.32. The van der Waals surface area contributed by atoms with E-state index in [1.807, 2.05) is 0 Å². The number of nitrogens with one attached hydrogen (secondary N) is 2. The van der Waals surface area contributed by atoms with Crippen LogP contribution in [0.15, 0.2) is 11.8 Å². The van der Waals surface area contributed by atoms with Crippen molar-refractivity contribution in [1.82, 2.24) is 10.6 Å². The molecule has 0 radical (unpaired) electrons. The molecule has 0 spiro atoms. The lowest BCUT2D eigenvalue weighted by atomic mass is 10.4. The highest BCUT2D eigenvalue weighted by Gasteiger charge is 2.35. The number of ether oxygens (including phenoxy) is 1. The quantitative estimate of drug-likeness (QED) is 0.595. The second-order valence-corrected chi connectivity index (χ2v) is 3.68. The number of halogens is 4. The van der Waals surface area contributed by atoms with Gasteiger partial charge in [-0.1, -0.05) is 15.9 Å². The van der Waals surface area contributed by atoms with Crippen molar-refractivity contribution >= 4 is 22.0 Å². The maximum absolute atomic E-state index is 12.3. The first-order valence-corrected chi connectivity index (χ1v) is 5.77. The number of carbonyl (C=O) groups is 1. The number of allylic oxidation sites excluding steroid dienone is 2. The van der Waals surface area contributed by atoms with Gasteiger partial charge in [0, 0.05) is 25.1 Å². The Morgan fingerprint density at radius 1 is 1.61 bits per heavy atom. The number of nitriles is 1. The highest BCUT2D eigenvalue weighted by atomic mass is 79.9. The Balaban J connectivity index is 4.38. The van der Waals surface area contributed by atoms with E-state index >= 15 is 0 Å². The van der Waals surface area contributed by atoms with Crippen LogP contribution in [0.4, 0.5) is 18.0 Å². The average Bonchev–Trinajstić information content (AvgIpc) is 2.28. The first kappa shape index (κ1) is 16.7. The molecule has 0 aliphatic heterocycles. The molecule has 0 aromatic rings. The number of alkyl halides is 4. The molecule has 1 atom stereocenters. The van der Waals surface area contributed by atoms with E-state index in [-0.39, 0.29) is 18.7 Å². The van der Waals surface area contributed by atoms with E-state index in [9.17, 15) is 18.0 Å². The molecule has 2 N–H and O–H groups in total. The monoisotopic (exact) mass is 329 g/mol. The third-order valence-electron chi connectivity index (χ3n) is 1.76. The van der Waals surface area contributed by atoms with Crippen molar-refractivity contribution in [2.24, 2.45) is 0 Å². The van der Waals surface area contributed by atoms with Gasteiger partial charge in [-0.05, 0) is 0 Å². The van der Waals surface area contributed by atoms with E-state index in [1.165, 1.54) is 13.2 Å². The van der Waals surface area contributed by atoms with Crippen LogP contribution in [0.2, 0.25) is 0 Å². The first-order valence-electron chi connectivity index (χ1n) is 4.65. The molecule has 0 fully saturated rings. The van der Waals surface area contributed by atoms with E-state index < -0.39 is 17.9 Å². The van der Waals surface area contributed by atoms with Crippen LogP contribution in [0, 0.1) is 11.3 Å². The number of rotatable bonds is 5. The number of hydrogen-bond donors (Lipinski definition) is 2. The molecule has 9 heteroatoms. The third-order valence-corrected chi connectivity index (χ3v) is 2.48. The summed E-state index contributed by atoms with van der Waals surface area (Å²) >= 11 is 3.10. The number of hydrogen-bond acceptors (Lipinski definition) is 3. The fraction of sp³-hybridized carbons (Fsp3) is 0.556. The highest BCUT2D eigenvalue weighted by Crippen LogP contribution is 2.22. The van der Waals surface area contributed by atoms with Gasteiger partial charge in [-0.2, -0.15) is 18.4 Å². The second kappa shape index (κ2) is 7.94. The number of nitrogens with zero attached hydrogens (tertiary/aromatic N) is 1. The van der Waals surface area contributed by atoms with Gasteiger partial charge in [0.15, 0.2) is 0 Å². The molecule has 2 amide bonds. The van der Waals surface area contributed by atoms with Crippen LogP contribution in [0.3, 0.4) is 0 Å². The highest BCUT2D eigenvalue weighted by molar-refractivity contribution is 9.09. The largest absolute Gasteiger partial charge is 0.432 e. The molecule has 1 unspecified atom stereocenters. The van der Waals surface area contributed by atoms with E-state index in [1.54, 1.807) is 5.32 Å². The van der Waals surface area contributed by atoms with Crippen molar-refractivity contribution in [3.8, 4) is 6.07 Å². The Kier molecular flexibility index (Phi) is 7.38. The zero-order valence-corrected chi connectivity index (χ0v) is 10.9. The van der Waals surface area contributed by atoms with Crippen molar-refractivity contribution in [2.45, 2.75) is 12.3 Å². The molecule has 0 saturated heterocycles. The Bertz CT molecular complexity index is 348. The van der Waals surface area contributed by atoms with Gasteiger partial charge in [-0.3, -0.25) is 0 Å². The van der Waals surface area contributed by atoms with Crippen LogP contribution in [-0.4, -0.2) is 37.3 Å². The Labute approximate surface area is 110 Å². The Morgan fingerprint density at radius 3 is 2.61 bits per heavy atom. The van der Waals surface area contributed by atoms with Crippen molar-refractivity contribution in [3.63, 3.8) is 0 Å². The van der Waals surface area contributed by atoms with Gasteiger partial charge < -0.3 is 15.4 Å². The first-order chi connectivity index (χ1) is 8.35. The maximum Gasteiger partial charge on any atom is 0.432 e. The van der Waals surface area contributed by atoms with E-state index in [2.05, 4.69) is 21.2 Å².